The Morgan fingerprint density at radius 3 is 2.52 bits per heavy atom. The molecule has 21 heavy (non-hydrogen) atoms. The zero-order chi connectivity index (χ0) is 15.4. The van der Waals surface area contributed by atoms with Crippen LogP contribution in [-0.2, 0) is 0 Å². The van der Waals surface area contributed by atoms with Gasteiger partial charge in [-0.25, -0.2) is 4.39 Å². The average molecular weight is 352 g/mol. The molecule has 0 fully saturated rings. The van der Waals surface area contributed by atoms with Gasteiger partial charge in [0.15, 0.2) is 0 Å². The number of rotatable bonds is 5. The maximum absolute atomic E-state index is 13.7. The van der Waals surface area contributed by atoms with Crippen molar-refractivity contribution in [2.45, 2.75) is 19.9 Å². The number of aryl methyl sites for hydroxylation is 1. The van der Waals surface area contributed by atoms with E-state index in [4.69, 9.17) is 4.74 Å². The molecule has 2 rings (SSSR count). The molecule has 0 amide bonds. The lowest BCUT2D eigenvalue weighted by atomic mass is 9.97. The molecular formula is C17H19BrFNO. The molecule has 112 valence electrons. The van der Waals surface area contributed by atoms with Gasteiger partial charge in [-0.15, -0.1) is 0 Å². The standard InChI is InChI=1S/C17H19BrFNO/c1-4-20-17(13-7-11(2)8-14(19)9-13)12-5-6-16(21-3)15(18)10-12/h5-10,17,20H,4H2,1-3H3. The summed E-state index contributed by atoms with van der Waals surface area (Å²) >= 11 is 3.50. The summed E-state index contributed by atoms with van der Waals surface area (Å²) in [5, 5.41) is 3.41. The Balaban J connectivity index is 2.45. The van der Waals surface area contributed by atoms with Gasteiger partial charge < -0.3 is 10.1 Å². The molecule has 2 nitrogen and oxygen atoms in total. The van der Waals surface area contributed by atoms with Crippen LogP contribution < -0.4 is 10.1 Å². The van der Waals surface area contributed by atoms with Crippen LogP contribution in [0.5, 0.6) is 5.75 Å². The topological polar surface area (TPSA) is 21.3 Å². The van der Waals surface area contributed by atoms with Crippen molar-refractivity contribution in [3.05, 3.63) is 63.4 Å². The average Bonchev–Trinajstić information content (AvgIpc) is 2.43. The van der Waals surface area contributed by atoms with Gasteiger partial charge in [0.1, 0.15) is 11.6 Å². The maximum atomic E-state index is 13.7. The van der Waals surface area contributed by atoms with Gasteiger partial charge in [0.25, 0.3) is 0 Å². The molecule has 0 heterocycles. The van der Waals surface area contributed by atoms with Crippen LogP contribution in [0.2, 0.25) is 0 Å². The predicted octanol–water partition coefficient (Wildman–Crippen LogP) is 4.60. The molecule has 0 aliphatic heterocycles. The van der Waals surface area contributed by atoms with Crippen LogP contribution in [0, 0.1) is 12.7 Å². The monoisotopic (exact) mass is 351 g/mol. The number of nitrogens with one attached hydrogen (secondary N) is 1. The Morgan fingerprint density at radius 1 is 1.19 bits per heavy atom. The van der Waals surface area contributed by atoms with E-state index in [9.17, 15) is 4.39 Å². The smallest absolute Gasteiger partial charge is 0.133 e. The van der Waals surface area contributed by atoms with Gasteiger partial charge in [-0.2, -0.15) is 0 Å². The molecule has 0 saturated heterocycles. The normalized spacial score (nSPS) is 12.2. The van der Waals surface area contributed by atoms with Gasteiger partial charge >= 0.3 is 0 Å². The Morgan fingerprint density at radius 2 is 1.95 bits per heavy atom. The van der Waals surface area contributed by atoms with Crippen LogP contribution >= 0.6 is 15.9 Å². The quantitative estimate of drug-likeness (QED) is 0.849. The zero-order valence-corrected chi connectivity index (χ0v) is 14.0. The summed E-state index contributed by atoms with van der Waals surface area (Å²) in [7, 11) is 1.64. The van der Waals surface area contributed by atoms with Crippen molar-refractivity contribution in [1.82, 2.24) is 5.32 Å². The predicted molar refractivity (Wildman–Crippen MR) is 87.4 cm³/mol. The third-order valence-corrected chi connectivity index (χ3v) is 3.93. The number of hydrogen-bond donors (Lipinski definition) is 1. The Bertz CT molecular complexity index is 610. The summed E-state index contributed by atoms with van der Waals surface area (Å²) in [6.45, 7) is 4.74. The maximum Gasteiger partial charge on any atom is 0.133 e. The van der Waals surface area contributed by atoms with Crippen LogP contribution in [0.4, 0.5) is 4.39 Å². The van der Waals surface area contributed by atoms with E-state index >= 15 is 0 Å². The number of benzene rings is 2. The molecule has 4 heteroatoms. The minimum absolute atomic E-state index is 0.0494. The van der Waals surface area contributed by atoms with E-state index in [1.165, 1.54) is 6.07 Å². The fraction of sp³-hybridized carbons (Fsp3) is 0.294. The van der Waals surface area contributed by atoms with Crippen molar-refractivity contribution < 1.29 is 9.13 Å². The summed E-state index contributed by atoms with van der Waals surface area (Å²) in [5.41, 5.74) is 2.90. The van der Waals surface area contributed by atoms with Gasteiger partial charge in [-0.1, -0.05) is 19.1 Å². The van der Waals surface area contributed by atoms with Gasteiger partial charge in [0.2, 0.25) is 0 Å². The van der Waals surface area contributed by atoms with Crippen molar-refractivity contribution in [3.8, 4) is 5.75 Å². The van der Waals surface area contributed by atoms with Crippen molar-refractivity contribution in [1.29, 1.82) is 0 Å². The lowest BCUT2D eigenvalue weighted by Gasteiger charge is -2.20. The van der Waals surface area contributed by atoms with Crippen molar-refractivity contribution in [3.63, 3.8) is 0 Å². The minimum atomic E-state index is -0.208. The lowest BCUT2D eigenvalue weighted by molar-refractivity contribution is 0.411. The molecule has 0 aliphatic rings. The molecule has 1 unspecified atom stereocenters. The van der Waals surface area contributed by atoms with Crippen LogP contribution in [0.1, 0.15) is 29.7 Å². The van der Waals surface area contributed by atoms with Gasteiger partial charge in [0, 0.05) is 0 Å². The van der Waals surface area contributed by atoms with E-state index in [0.29, 0.717) is 0 Å². The van der Waals surface area contributed by atoms with Gasteiger partial charge in [0.05, 0.1) is 17.6 Å². The first-order valence-corrected chi connectivity index (χ1v) is 7.68. The summed E-state index contributed by atoms with van der Waals surface area (Å²) in [6, 6.07) is 11.0. The summed E-state index contributed by atoms with van der Waals surface area (Å²) in [5.74, 6) is 0.574. The highest BCUT2D eigenvalue weighted by molar-refractivity contribution is 9.10. The fourth-order valence-electron chi connectivity index (χ4n) is 2.43. The zero-order valence-electron chi connectivity index (χ0n) is 12.4. The molecule has 0 radical (unpaired) electrons. The van der Waals surface area contributed by atoms with E-state index in [2.05, 4.69) is 21.2 Å². The van der Waals surface area contributed by atoms with Crippen molar-refractivity contribution in [2.75, 3.05) is 13.7 Å². The van der Waals surface area contributed by atoms with Crippen LogP contribution in [0.15, 0.2) is 40.9 Å². The number of ether oxygens (including phenoxy) is 1. The third kappa shape index (κ3) is 3.83. The van der Waals surface area contributed by atoms with Crippen molar-refractivity contribution in [2.24, 2.45) is 0 Å². The molecule has 0 saturated carbocycles. The minimum Gasteiger partial charge on any atom is -0.496 e. The molecule has 0 bridgehead atoms. The van der Waals surface area contributed by atoms with Gasteiger partial charge in [-0.3, -0.25) is 0 Å². The molecule has 0 spiro atoms. The second kappa shape index (κ2) is 7.05. The van der Waals surface area contributed by atoms with Crippen LogP contribution in [-0.4, -0.2) is 13.7 Å². The summed E-state index contributed by atoms with van der Waals surface area (Å²) in [6.07, 6.45) is 0. The molecule has 0 aliphatic carbocycles. The highest BCUT2D eigenvalue weighted by atomic mass is 79.9. The SMILES string of the molecule is CCNC(c1cc(C)cc(F)c1)c1ccc(OC)c(Br)c1. The lowest BCUT2D eigenvalue weighted by Crippen LogP contribution is -2.22. The Labute approximate surface area is 133 Å². The number of methoxy groups -OCH3 is 1. The first kappa shape index (κ1) is 16.0. The van der Waals surface area contributed by atoms with Gasteiger partial charge in [-0.05, 0) is 70.4 Å². The second-order valence-corrected chi connectivity index (χ2v) is 5.80. The van der Waals surface area contributed by atoms with E-state index in [1.54, 1.807) is 13.2 Å². The van der Waals surface area contributed by atoms with Crippen LogP contribution in [0.25, 0.3) is 0 Å². The van der Waals surface area contributed by atoms with E-state index in [1.807, 2.05) is 38.1 Å². The van der Waals surface area contributed by atoms with Crippen LogP contribution in [0.3, 0.4) is 0 Å². The largest absolute Gasteiger partial charge is 0.496 e. The van der Waals surface area contributed by atoms with E-state index < -0.39 is 0 Å². The number of halogens is 2. The number of hydrogen-bond acceptors (Lipinski definition) is 2. The Kier molecular flexibility index (Phi) is 5.37. The highest BCUT2D eigenvalue weighted by Crippen LogP contribution is 2.31. The summed E-state index contributed by atoms with van der Waals surface area (Å²) < 4.78 is 19.8. The molecule has 2 aromatic rings. The molecule has 1 atom stereocenters. The van der Waals surface area contributed by atoms with E-state index in [-0.39, 0.29) is 11.9 Å². The molecule has 2 aromatic carbocycles. The third-order valence-electron chi connectivity index (χ3n) is 3.32. The first-order valence-electron chi connectivity index (χ1n) is 6.89. The Hall–Kier alpha value is -1.39. The van der Waals surface area contributed by atoms with E-state index in [0.717, 1.165) is 33.5 Å². The summed E-state index contributed by atoms with van der Waals surface area (Å²) in [4.78, 5) is 0. The molecule has 1 N–H and O–H groups in total. The fourth-order valence-corrected chi connectivity index (χ4v) is 2.98. The first-order chi connectivity index (χ1) is 10.0. The highest BCUT2D eigenvalue weighted by Gasteiger charge is 2.15. The molecular weight excluding hydrogens is 333 g/mol. The molecule has 0 aromatic heterocycles. The van der Waals surface area contributed by atoms with Crippen molar-refractivity contribution >= 4 is 15.9 Å². The second-order valence-electron chi connectivity index (χ2n) is 4.95.